The van der Waals surface area contributed by atoms with Crippen molar-refractivity contribution in [3.8, 4) is 0 Å². The fourth-order valence-corrected chi connectivity index (χ4v) is 3.91. The van der Waals surface area contributed by atoms with Crippen LogP contribution in [0.1, 0.15) is 54.9 Å². The number of hydrogen-bond donors (Lipinski definition) is 3. The average Bonchev–Trinajstić information content (AvgIpc) is 2.40. The molecule has 0 aliphatic heterocycles. The number of carboxylic acids is 1. The molecule has 0 aromatic carbocycles. The maximum absolute atomic E-state index is 11.6. The van der Waals surface area contributed by atoms with Crippen molar-refractivity contribution in [2.45, 2.75) is 91.3 Å². The van der Waals surface area contributed by atoms with E-state index >= 15 is 0 Å². The number of hydrogen-bond acceptors (Lipinski definition) is 4. The summed E-state index contributed by atoms with van der Waals surface area (Å²) in [4.78, 5) is 11.6. The fraction of sp³-hybridized carbons (Fsp3) is 0.842. The normalized spacial score (nSPS) is 18.8. The van der Waals surface area contributed by atoms with Crippen LogP contribution in [0, 0.1) is 11.8 Å². The summed E-state index contributed by atoms with van der Waals surface area (Å²) in [6.45, 7) is 17.6. The SMILES string of the molecule is CC(C)=CC(O)CC(O)C(C)C(O[Si](C)(C)C(C)(C)C)C(C)C(=O)O. The van der Waals surface area contributed by atoms with Crippen LogP contribution in [0.3, 0.4) is 0 Å². The van der Waals surface area contributed by atoms with Crippen LogP contribution < -0.4 is 0 Å². The van der Waals surface area contributed by atoms with E-state index in [2.05, 4.69) is 33.9 Å². The quantitative estimate of drug-likeness (QED) is 0.422. The van der Waals surface area contributed by atoms with Crippen molar-refractivity contribution >= 4 is 14.3 Å². The molecule has 0 aromatic heterocycles. The van der Waals surface area contributed by atoms with Crippen molar-refractivity contribution < 1.29 is 24.5 Å². The standard InChI is InChI=1S/C19H38O5Si/c1-12(2)10-15(20)11-16(21)13(3)17(14(4)18(22)23)24-25(8,9)19(5,6)7/h10,13-17,20-21H,11H2,1-9H3,(H,22,23). The van der Waals surface area contributed by atoms with Gasteiger partial charge in [-0.05, 0) is 38.9 Å². The van der Waals surface area contributed by atoms with Crippen molar-refractivity contribution in [3.05, 3.63) is 11.6 Å². The minimum atomic E-state index is -2.20. The minimum absolute atomic E-state index is 0.0598. The molecule has 0 saturated carbocycles. The molecule has 0 saturated heterocycles. The Hall–Kier alpha value is -0.693. The molecular weight excluding hydrogens is 336 g/mol. The zero-order valence-electron chi connectivity index (χ0n) is 17.3. The molecule has 25 heavy (non-hydrogen) atoms. The number of allylic oxidation sites excluding steroid dienone is 1. The monoisotopic (exact) mass is 374 g/mol. The molecule has 0 aliphatic carbocycles. The van der Waals surface area contributed by atoms with Gasteiger partial charge in [0.15, 0.2) is 8.32 Å². The highest BCUT2D eigenvalue weighted by Crippen LogP contribution is 2.39. The number of aliphatic carboxylic acids is 1. The second kappa shape index (κ2) is 9.30. The number of aliphatic hydroxyl groups excluding tert-OH is 2. The van der Waals surface area contributed by atoms with Gasteiger partial charge in [-0.3, -0.25) is 4.79 Å². The Morgan fingerprint density at radius 1 is 1.16 bits per heavy atom. The molecule has 0 spiro atoms. The zero-order chi connectivity index (χ0) is 20.2. The second-order valence-corrected chi connectivity index (χ2v) is 13.7. The van der Waals surface area contributed by atoms with Crippen molar-refractivity contribution in [3.63, 3.8) is 0 Å². The topological polar surface area (TPSA) is 87.0 Å². The molecule has 0 aliphatic rings. The van der Waals surface area contributed by atoms with Crippen molar-refractivity contribution in [1.82, 2.24) is 0 Å². The second-order valence-electron chi connectivity index (χ2n) is 8.94. The summed E-state index contributed by atoms with van der Waals surface area (Å²) >= 11 is 0. The van der Waals surface area contributed by atoms with Crippen molar-refractivity contribution in [2.75, 3.05) is 0 Å². The molecule has 6 heteroatoms. The van der Waals surface area contributed by atoms with Gasteiger partial charge in [-0.25, -0.2) is 0 Å². The first-order valence-corrected chi connectivity index (χ1v) is 11.9. The predicted molar refractivity (Wildman–Crippen MR) is 104 cm³/mol. The minimum Gasteiger partial charge on any atom is -0.481 e. The third-order valence-electron chi connectivity index (χ3n) is 5.25. The molecule has 0 radical (unpaired) electrons. The summed E-state index contributed by atoms with van der Waals surface area (Å²) in [6.07, 6.45) is -0.346. The summed E-state index contributed by atoms with van der Waals surface area (Å²) in [5.74, 6) is -2.08. The van der Waals surface area contributed by atoms with E-state index in [0.29, 0.717) is 0 Å². The Morgan fingerprint density at radius 3 is 2.00 bits per heavy atom. The molecular formula is C19H38O5Si. The molecule has 0 bridgehead atoms. The predicted octanol–water partition coefficient (Wildman–Crippen LogP) is 3.81. The first-order valence-electron chi connectivity index (χ1n) is 9.02. The number of aliphatic hydroxyl groups is 2. The van der Waals surface area contributed by atoms with E-state index in [1.165, 1.54) is 0 Å². The third-order valence-corrected chi connectivity index (χ3v) is 9.73. The fourth-order valence-electron chi connectivity index (χ4n) is 2.46. The van der Waals surface area contributed by atoms with E-state index in [1.54, 1.807) is 19.9 Å². The molecule has 0 amide bonds. The van der Waals surface area contributed by atoms with Gasteiger partial charge in [0.2, 0.25) is 0 Å². The largest absolute Gasteiger partial charge is 0.481 e. The molecule has 0 fully saturated rings. The lowest BCUT2D eigenvalue weighted by molar-refractivity contribution is -0.146. The number of rotatable bonds is 9. The van der Waals surface area contributed by atoms with Gasteiger partial charge in [0.25, 0.3) is 0 Å². The third kappa shape index (κ3) is 7.60. The smallest absolute Gasteiger partial charge is 0.308 e. The van der Waals surface area contributed by atoms with Gasteiger partial charge in [-0.1, -0.05) is 39.3 Å². The van der Waals surface area contributed by atoms with Crippen LogP contribution in [0.4, 0.5) is 0 Å². The molecule has 0 rings (SSSR count). The van der Waals surface area contributed by atoms with Crippen LogP contribution in [0.2, 0.25) is 18.1 Å². The molecule has 5 nitrogen and oxygen atoms in total. The van der Waals surface area contributed by atoms with Gasteiger partial charge in [0.1, 0.15) is 0 Å². The first kappa shape index (κ1) is 24.3. The van der Waals surface area contributed by atoms with Crippen LogP contribution in [-0.2, 0) is 9.22 Å². The number of carboxylic acid groups (broad SMARTS) is 1. The summed E-state index contributed by atoms with van der Waals surface area (Å²) in [7, 11) is -2.20. The Labute approximate surface area is 154 Å². The highest BCUT2D eigenvalue weighted by atomic mass is 28.4. The van der Waals surface area contributed by atoms with Crippen molar-refractivity contribution in [2.24, 2.45) is 11.8 Å². The van der Waals surface area contributed by atoms with Crippen LogP contribution in [0.5, 0.6) is 0 Å². The van der Waals surface area contributed by atoms with Gasteiger partial charge in [0.05, 0.1) is 24.2 Å². The zero-order valence-corrected chi connectivity index (χ0v) is 18.3. The Kier molecular flexibility index (Phi) is 9.05. The maximum atomic E-state index is 11.6. The summed E-state index contributed by atoms with van der Waals surface area (Å²) < 4.78 is 6.37. The molecule has 0 heterocycles. The summed E-state index contributed by atoms with van der Waals surface area (Å²) in [6, 6.07) is 0. The van der Waals surface area contributed by atoms with Crippen LogP contribution >= 0.6 is 0 Å². The van der Waals surface area contributed by atoms with E-state index in [0.717, 1.165) is 5.57 Å². The highest BCUT2D eigenvalue weighted by molar-refractivity contribution is 6.74. The van der Waals surface area contributed by atoms with Crippen LogP contribution in [0.15, 0.2) is 11.6 Å². The van der Waals surface area contributed by atoms with Gasteiger partial charge in [-0.2, -0.15) is 0 Å². The lowest BCUT2D eigenvalue weighted by atomic mass is 9.87. The highest BCUT2D eigenvalue weighted by Gasteiger charge is 2.43. The van der Waals surface area contributed by atoms with E-state index in [1.807, 2.05) is 13.8 Å². The van der Waals surface area contributed by atoms with Gasteiger partial charge >= 0.3 is 5.97 Å². The lowest BCUT2D eigenvalue weighted by Gasteiger charge is -2.43. The molecule has 148 valence electrons. The Morgan fingerprint density at radius 2 is 1.64 bits per heavy atom. The van der Waals surface area contributed by atoms with E-state index in [-0.39, 0.29) is 11.5 Å². The molecule has 5 unspecified atom stereocenters. The van der Waals surface area contributed by atoms with Crippen LogP contribution in [-0.4, -0.2) is 47.9 Å². The maximum Gasteiger partial charge on any atom is 0.308 e. The molecule has 3 N–H and O–H groups in total. The van der Waals surface area contributed by atoms with E-state index in [9.17, 15) is 20.1 Å². The van der Waals surface area contributed by atoms with Gasteiger partial charge in [-0.15, -0.1) is 0 Å². The Balaban J connectivity index is 5.41. The lowest BCUT2D eigenvalue weighted by Crippen LogP contribution is -2.50. The molecule has 0 aromatic rings. The van der Waals surface area contributed by atoms with E-state index < -0.39 is 44.4 Å². The number of carbonyl (C=O) groups is 1. The molecule has 5 atom stereocenters. The Bertz CT molecular complexity index is 463. The van der Waals surface area contributed by atoms with Crippen LogP contribution in [0.25, 0.3) is 0 Å². The summed E-state index contributed by atoms with van der Waals surface area (Å²) in [5.41, 5.74) is 0.973. The average molecular weight is 375 g/mol. The van der Waals surface area contributed by atoms with Crippen molar-refractivity contribution in [1.29, 1.82) is 0 Å². The van der Waals surface area contributed by atoms with E-state index in [4.69, 9.17) is 4.43 Å². The summed E-state index contributed by atoms with van der Waals surface area (Å²) in [5, 5.41) is 30.0. The van der Waals surface area contributed by atoms with Gasteiger partial charge < -0.3 is 19.7 Å². The van der Waals surface area contributed by atoms with Gasteiger partial charge in [0, 0.05) is 12.3 Å². The first-order chi connectivity index (χ1) is 11.1.